The molecule has 4 aliphatic carbocycles. The van der Waals surface area contributed by atoms with Crippen LogP contribution in [0.1, 0.15) is 91.4 Å². The molecule has 0 unspecified atom stereocenters. The fourth-order valence-electron chi connectivity index (χ4n) is 7.35. The normalized spacial score (nSPS) is 25.6. The van der Waals surface area contributed by atoms with Crippen molar-refractivity contribution in [2.24, 2.45) is 17.8 Å². The van der Waals surface area contributed by atoms with Crippen LogP contribution < -0.4 is 5.32 Å². The Morgan fingerprint density at radius 2 is 1.67 bits per heavy atom. The molecule has 1 heterocycles. The third kappa shape index (κ3) is 5.10. The first-order valence-corrected chi connectivity index (χ1v) is 13.9. The van der Waals surface area contributed by atoms with Gasteiger partial charge in [-0.15, -0.1) is 10.2 Å². The summed E-state index contributed by atoms with van der Waals surface area (Å²) in [6, 6.07) is 14.1. The van der Waals surface area contributed by atoms with E-state index in [1.54, 1.807) is 16.9 Å². The molecule has 204 valence electrons. The van der Waals surface area contributed by atoms with Crippen LogP contribution in [-0.2, 0) is 16.8 Å². The molecule has 2 N–H and O–H groups in total. The molecule has 0 atom stereocenters. The van der Waals surface area contributed by atoms with Gasteiger partial charge in [0.05, 0.1) is 23.5 Å². The summed E-state index contributed by atoms with van der Waals surface area (Å²) in [5.74, 6) is 0.737. The summed E-state index contributed by atoms with van der Waals surface area (Å²) in [6.45, 7) is 6.61. The minimum absolute atomic E-state index is 0.0981. The van der Waals surface area contributed by atoms with E-state index in [0.29, 0.717) is 11.4 Å². The van der Waals surface area contributed by atoms with Gasteiger partial charge in [0, 0.05) is 5.69 Å². The quantitative estimate of drug-likeness (QED) is 0.390. The highest BCUT2D eigenvalue weighted by Gasteiger charge is 2.51. The minimum atomic E-state index is -1.06. The first-order chi connectivity index (χ1) is 18.6. The van der Waals surface area contributed by atoms with Gasteiger partial charge < -0.3 is 15.2 Å². The molecule has 4 bridgehead atoms. The maximum Gasteiger partial charge on any atom is 0.335 e. The summed E-state index contributed by atoms with van der Waals surface area (Å²) in [4.78, 5) is 26.5. The van der Waals surface area contributed by atoms with Crippen molar-refractivity contribution in [3.05, 3.63) is 71.0 Å². The molecule has 4 fully saturated rings. The van der Waals surface area contributed by atoms with E-state index in [0.717, 1.165) is 48.3 Å². The monoisotopic (exact) mass is 528 g/mol. The van der Waals surface area contributed by atoms with Crippen LogP contribution in [0.4, 0.5) is 5.69 Å². The highest BCUT2D eigenvalue weighted by molar-refractivity contribution is 6.04. The van der Waals surface area contributed by atoms with Gasteiger partial charge in [-0.2, -0.15) is 4.80 Å². The third-order valence-corrected chi connectivity index (χ3v) is 8.69. The maximum absolute atomic E-state index is 13.5. The first-order valence-electron chi connectivity index (χ1n) is 13.9. The topological polar surface area (TPSA) is 106 Å². The lowest BCUT2D eigenvalue weighted by molar-refractivity contribution is -0.169. The van der Waals surface area contributed by atoms with Crippen LogP contribution in [0, 0.1) is 17.8 Å². The first kappa shape index (κ1) is 25.7. The molecule has 8 nitrogen and oxygen atoms in total. The molecule has 0 saturated heterocycles. The van der Waals surface area contributed by atoms with Gasteiger partial charge in [0.25, 0.3) is 5.91 Å². The number of aromatic nitrogens is 3. The Balaban J connectivity index is 1.33. The molecule has 7 rings (SSSR count). The summed E-state index contributed by atoms with van der Waals surface area (Å²) in [5, 5.41) is 21.7. The number of hydrogen-bond donors (Lipinski definition) is 2. The number of nitrogens with zero attached hydrogens (tertiary/aromatic N) is 3. The zero-order valence-corrected chi connectivity index (χ0v) is 22.8. The number of benzene rings is 2. The SMILES string of the molecule is CC(C)(C)c1ccccc1-n1nc(COC23CC4CC(CC(C4)C2)C3)c(C(=O)Nc2cccc(C(=O)O)c2)n1. The van der Waals surface area contributed by atoms with E-state index in [2.05, 4.69) is 37.3 Å². The van der Waals surface area contributed by atoms with E-state index in [4.69, 9.17) is 9.84 Å². The maximum atomic E-state index is 13.5. The van der Waals surface area contributed by atoms with Crippen molar-refractivity contribution in [1.82, 2.24) is 15.0 Å². The summed E-state index contributed by atoms with van der Waals surface area (Å²) in [5.41, 5.74) is 2.75. The van der Waals surface area contributed by atoms with Gasteiger partial charge in [-0.1, -0.05) is 45.0 Å². The van der Waals surface area contributed by atoms with Crippen molar-refractivity contribution in [3.63, 3.8) is 0 Å². The van der Waals surface area contributed by atoms with Crippen LogP contribution >= 0.6 is 0 Å². The lowest BCUT2D eigenvalue weighted by atomic mass is 9.54. The number of amides is 1. The highest BCUT2D eigenvalue weighted by atomic mass is 16.5. The Kier molecular flexibility index (Phi) is 6.33. The summed E-state index contributed by atoms with van der Waals surface area (Å²) < 4.78 is 6.69. The van der Waals surface area contributed by atoms with Crippen LogP contribution in [0.3, 0.4) is 0 Å². The van der Waals surface area contributed by atoms with E-state index >= 15 is 0 Å². The van der Waals surface area contributed by atoms with Crippen molar-refractivity contribution in [3.8, 4) is 5.69 Å². The van der Waals surface area contributed by atoms with Gasteiger partial charge in [0.2, 0.25) is 0 Å². The Morgan fingerprint density at radius 3 is 2.31 bits per heavy atom. The molecule has 3 aromatic rings. The molecule has 39 heavy (non-hydrogen) atoms. The van der Waals surface area contributed by atoms with Crippen molar-refractivity contribution >= 4 is 17.6 Å². The number of aromatic carboxylic acids is 1. The van der Waals surface area contributed by atoms with Gasteiger partial charge in [-0.05, 0) is 91.5 Å². The van der Waals surface area contributed by atoms with E-state index < -0.39 is 11.9 Å². The van der Waals surface area contributed by atoms with Crippen LogP contribution in [0.25, 0.3) is 5.69 Å². The number of carbonyl (C=O) groups is 2. The van der Waals surface area contributed by atoms with Crippen LogP contribution in [-0.4, -0.2) is 37.6 Å². The number of anilines is 1. The van der Waals surface area contributed by atoms with E-state index in [-0.39, 0.29) is 28.9 Å². The van der Waals surface area contributed by atoms with Gasteiger partial charge in [0.15, 0.2) is 5.69 Å². The van der Waals surface area contributed by atoms with Crippen molar-refractivity contribution in [1.29, 1.82) is 0 Å². The second kappa shape index (κ2) is 9.59. The average Bonchev–Trinajstić information content (AvgIpc) is 3.31. The molecule has 2 aromatic carbocycles. The Labute approximate surface area is 228 Å². The fourth-order valence-corrected chi connectivity index (χ4v) is 7.35. The Hall–Kier alpha value is -3.52. The van der Waals surface area contributed by atoms with Gasteiger partial charge >= 0.3 is 5.97 Å². The highest BCUT2D eigenvalue weighted by Crippen LogP contribution is 2.57. The number of ether oxygens (including phenoxy) is 1. The Bertz CT molecular complexity index is 1380. The van der Waals surface area contributed by atoms with Crippen molar-refractivity contribution in [2.75, 3.05) is 5.32 Å². The number of carboxylic acid groups (broad SMARTS) is 1. The van der Waals surface area contributed by atoms with E-state index in [9.17, 15) is 14.7 Å². The molecule has 4 saturated carbocycles. The van der Waals surface area contributed by atoms with Crippen LogP contribution in [0.5, 0.6) is 0 Å². The molecule has 8 heteroatoms. The zero-order chi connectivity index (χ0) is 27.4. The molecule has 1 aromatic heterocycles. The van der Waals surface area contributed by atoms with Crippen molar-refractivity contribution < 1.29 is 19.4 Å². The van der Waals surface area contributed by atoms with Crippen molar-refractivity contribution in [2.45, 2.75) is 76.9 Å². The Morgan fingerprint density at radius 1 is 1.00 bits per heavy atom. The third-order valence-electron chi connectivity index (χ3n) is 8.69. The number of rotatable bonds is 7. The predicted molar refractivity (Wildman–Crippen MR) is 147 cm³/mol. The standard InChI is InChI=1S/C31H36N4O4/c1-30(2,3)24-9-4-5-10-26(24)35-33-25(18-39-31-15-19-11-20(16-31)13-21(12-19)17-31)27(34-35)28(36)32-23-8-6-7-22(14-23)29(37)38/h4-10,14,19-21H,11-13,15-18H2,1-3H3,(H,32,36)(H,37,38). The summed E-state index contributed by atoms with van der Waals surface area (Å²) in [7, 11) is 0. The number of nitrogens with one attached hydrogen (secondary N) is 1. The van der Waals surface area contributed by atoms with Gasteiger partial charge in [-0.3, -0.25) is 4.79 Å². The molecular formula is C31H36N4O4. The lowest BCUT2D eigenvalue weighted by Gasteiger charge is -2.56. The molecule has 0 aliphatic heterocycles. The molecule has 0 spiro atoms. The summed E-state index contributed by atoms with van der Waals surface area (Å²) in [6.07, 6.45) is 7.23. The molecule has 4 aliphatic rings. The minimum Gasteiger partial charge on any atom is -0.478 e. The number of hydrogen-bond acceptors (Lipinski definition) is 5. The van der Waals surface area contributed by atoms with Gasteiger partial charge in [-0.25, -0.2) is 4.79 Å². The van der Waals surface area contributed by atoms with Crippen LogP contribution in [0.15, 0.2) is 48.5 Å². The largest absolute Gasteiger partial charge is 0.478 e. The second-order valence-corrected chi connectivity index (χ2v) is 12.8. The van der Waals surface area contributed by atoms with E-state index in [1.165, 1.54) is 31.4 Å². The summed E-state index contributed by atoms with van der Waals surface area (Å²) >= 11 is 0. The van der Waals surface area contributed by atoms with Gasteiger partial charge in [0.1, 0.15) is 5.69 Å². The molecular weight excluding hydrogens is 492 g/mol. The van der Waals surface area contributed by atoms with Crippen LogP contribution in [0.2, 0.25) is 0 Å². The number of carboxylic acids is 1. The smallest absolute Gasteiger partial charge is 0.335 e. The zero-order valence-electron chi connectivity index (χ0n) is 22.8. The lowest BCUT2D eigenvalue weighted by Crippen LogP contribution is -2.51. The predicted octanol–water partition coefficient (Wildman–Crippen LogP) is 6.00. The molecule has 0 radical (unpaired) electrons. The number of para-hydroxylation sites is 1. The molecule has 1 amide bonds. The number of carbonyl (C=O) groups excluding carboxylic acids is 1. The van der Waals surface area contributed by atoms with E-state index in [1.807, 2.05) is 18.2 Å². The average molecular weight is 529 g/mol. The second-order valence-electron chi connectivity index (χ2n) is 12.8. The fraction of sp³-hybridized carbons (Fsp3) is 0.484.